The predicted molar refractivity (Wildman–Crippen MR) is 73.5 cm³/mol. The molecule has 1 unspecified atom stereocenters. The molecular formula is C11H20N4O3S. The summed E-state index contributed by atoms with van der Waals surface area (Å²) in [5.41, 5.74) is 7.05. The van der Waals surface area contributed by atoms with Gasteiger partial charge in [-0.15, -0.1) is 0 Å². The van der Waals surface area contributed by atoms with Crippen LogP contribution >= 0.6 is 0 Å². The number of anilines is 1. The standard InChI is InChI=1S/C11H20N4O3S/c1-4-9-10(7-15(2)14-9)13-11(16)8(12)5-6-19(3,17)18/h7-8H,4-6,12H2,1-3H3,(H,13,16). The minimum Gasteiger partial charge on any atom is -0.322 e. The van der Waals surface area contributed by atoms with Gasteiger partial charge in [0.1, 0.15) is 9.84 Å². The summed E-state index contributed by atoms with van der Waals surface area (Å²) in [6.07, 6.45) is 3.61. The van der Waals surface area contributed by atoms with E-state index in [1.165, 1.54) is 0 Å². The monoisotopic (exact) mass is 288 g/mol. The van der Waals surface area contributed by atoms with Crippen molar-refractivity contribution in [2.45, 2.75) is 25.8 Å². The van der Waals surface area contributed by atoms with Crippen molar-refractivity contribution in [3.8, 4) is 0 Å². The highest BCUT2D eigenvalue weighted by Crippen LogP contribution is 2.14. The zero-order valence-electron chi connectivity index (χ0n) is 11.4. The Morgan fingerprint density at radius 1 is 1.58 bits per heavy atom. The molecule has 0 saturated carbocycles. The molecule has 0 aromatic carbocycles. The predicted octanol–water partition coefficient (Wildman–Crippen LogP) is -0.317. The molecule has 0 aliphatic rings. The van der Waals surface area contributed by atoms with Gasteiger partial charge in [0.05, 0.1) is 23.2 Å². The molecule has 1 amide bonds. The number of rotatable bonds is 6. The maximum absolute atomic E-state index is 11.8. The van der Waals surface area contributed by atoms with E-state index in [9.17, 15) is 13.2 Å². The van der Waals surface area contributed by atoms with Gasteiger partial charge < -0.3 is 11.1 Å². The topological polar surface area (TPSA) is 107 Å². The van der Waals surface area contributed by atoms with Crippen LogP contribution in [0.4, 0.5) is 5.69 Å². The van der Waals surface area contributed by atoms with Crippen LogP contribution in [0.5, 0.6) is 0 Å². The minimum absolute atomic E-state index is 0.102. The molecule has 1 aromatic heterocycles. The Labute approximate surface area is 113 Å². The molecule has 1 aromatic rings. The molecule has 19 heavy (non-hydrogen) atoms. The highest BCUT2D eigenvalue weighted by Gasteiger charge is 2.18. The van der Waals surface area contributed by atoms with Crippen molar-refractivity contribution < 1.29 is 13.2 Å². The molecule has 0 aliphatic carbocycles. The second-order valence-electron chi connectivity index (χ2n) is 4.53. The van der Waals surface area contributed by atoms with Crippen molar-refractivity contribution in [3.05, 3.63) is 11.9 Å². The first-order chi connectivity index (χ1) is 8.73. The zero-order valence-corrected chi connectivity index (χ0v) is 12.2. The van der Waals surface area contributed by atoms with Gasteiger partial charge in [-0.2, -0.15) is 5.10 Å². The molecule has 8 heteroatoms. The lowest BCUT2D eigenvalue weighted by Gasteiger charge is -2.11. The van der Waals surface area contributed by atoms with Crippen molar-refractivity contribution in [3.63, 3.8) is 0 Å². The number of hydrogen-bond donors (Lipinski definition) is 2. The van der Waals surface area contributed by atoms with E-state index in [1.807, 2.05) is 6.92 Å². The van der Waals surface area contributed by atoms with Crippen molar-refractivity contribution in [1.82, 2.24) is 9.78 Å². The van der Waals surface area contributed by atoms with Crippen LogP contribution in [0.15, 0.2) is 6.20 Å². The molecule has 0 fully saturated rings. The number of aromatic nitrogens is 2. The normalized spacial score (nSPS) is 13.3. The van der Waals surface area contributed by atoms with E-state index in [2.05, 4.69) is 10.4 Å². The van der Waals surface area contributed by atoms with E-state index < -0.39 is 21.8 Å². The van der Waals surface area contributed by atoms with Crippen molar-refractivity contribution in [2.24, 2.45) is 12.8 Å². The number of carbonyl (C=O) groups excluding carboxylic acids is 1. The zero-order chi connectivity index (χ0) is 14.6. The molecular weight excluding hydrogens is 268 g/mol. The molecule has 0 saturated heterocycles. The van der Waals surface area contributed by atoms with Crippen molar-refractivity contribution in [2.75, 3.05) is 17.3 Å². The summed E-state index contributed by atoms with van der Waals surface area (Å²) in [6.45, 7) is 1.93. The maximum atomic E-state index is 11.8. The minimum atomic E-state index is -3.11. The van der Waals surface area contributed by atoms with Gasteiger partial charge in [0, 0.05) is 19.5 Å². The van der Waals surface area contributed by atoms with Crippen LogP contribution < -0.4 is 11.1 Å². The van der Waals surface area contributed by atoms with Gasteiger partial charge in [-0.3, -0.25) is 9.48 Å². The summed E-state index contributed by atoms with van der Waals surface area (Å²) in [7, 11) is -1.35. The summed E-state index contributed by atoms with van der Waals surface area (Å²) in [6, 6.07) is -0.848. The number of sulfone groups is 1. The average Bonchev–Trinajstić information content (AvgIpc) is 2.65. The number of hydrogen-bond acceptors (Lipinski definition) is 5. The lowest BCUT2D eigenvalue weighted by molar-refractivity contribution is -0.117. The number of carbonyl (C=O) groups is 1. The van der Waals surface area contributed by atoms with Gasteiger partial charge in [-0.1, -0.05) is 6.92 Å². The second-order valence-corrected chi connectivity index (χ2v) is 6.79. The molecule has 0 bridgehead atoms. The lowest BCUT2D eigenvalue weighted by atomic mass is 10.2. The van der Waals surface area contributed by atoms with Crippen LogP contribution in [-0.4, -0.2) is 42.2 Å². The summed E-state index contributed by atoms with van der Waals surface area (Å²) in [5, 5.41) is 6.87. The Bertz CT molecular complexity index is 550. The van der Waals surface area contributed by atoms with Crippen LogP contribution in [0.25, 0.3) is 0 Å². The van der Waals surface area contributed by atoms with E-state index >= 15 is 0 Å². The number of nitrogens with two attached hydrogens (primary N) is 1. The van der Waals surface area contributed by atoms with Crippen molar-refractivity contribution in [1.29, 1.82) is 0 Å². The number of nitrogens with zero attached hydrogens (tertiary/aromatic N) is 2. The number of nitrogens with one attached hydrogen (secondary N) is 1. The molecule has 7 nitrogen and oxygen atoms in total. The Morgan fingerprint density at radius 3 is 2.74 bits per heavy atom. The van der Waals surface area contributed by atoms with Gasteiger partial charge in [0.25, 0.3) is 0 Å². The van der Waals surface area contributed by atoms with Crippen LogP contribution in [0.3, 0.4) is 0 Å². The van der Waals surface area contributed by atoms with Gasteiger partial charge in [0.2, 0.25) is 5.91 Å². The number of aryl methyl sites for hydroxylation is 2. The molecule has 0 radical (unpaired) electrons. The smallest absolute Gasteiger partial charge is 0.241 e. The first kappa shape index (κ1) is 15.6. The van der Waals surface area contributed by atoms with Crippen LogP contribution in [-0.2, 0) is 28.1 Å². The van der Waals surface area contributed by atoms with E-state index in [0.29, 0.717) is 12.1 Å². The first-order valence-electron chi connectivity index (χ1n) is 5.99. The third-order valence-corrected chi connectivity index (χ3v) is 3.61. The molecule has 108 valence electrons. The molecule has 3 N–H and O–H groups in total. The largest absolute Gasteiger partial charge is 0.322 e. The van der Waals surface area contributed by atoms with Crippen molar-refractivity contribution >= 4 is 21.4 Å². The second kappa shape index (κ2) is 6.16. The Hall–Kier alpha value is -1.41. The van der Waals surface area contributed by atoms with Crippen LogP contribution in [0.1, 0.15) is 19.0 Å². The fourth-order valence-electron chi connectivity index (χ4n) is 1.60. The van der Waals surface area contributed by atoms with Crippen LogP contribution in [0, 0.1) is 0 Å². The van der Waals surface area contributed by atoms with E-state index in [0.717, 1.165) is 11.9 Å². The third kappa shape index (κ3) is 4.99. The molecule has 1 atom stereocenters. The summed E-state index contributed by atoms with van der Waals surface area (Å²) in [4.78, 5) is 11.8. The molecule has 0 spiro atoms. The average molecular weight is 288 g/mol. The Balaban J connectivity index is 2.63. The molecule has 1 heterocycles. The Morgan fingerprint density at radius 2 is 2.21 bits per heavy atom. The first-order valence-corrected chi connectivity index (χ1v) is 8.05. The lowest BCUT2D eigenvalue weighted by Crippen LogP contribution is -2.37. The van der Waals surface area contributed by atoms with Gasteiger partial charge in [-0.05, 0) is 12.8 Å². The quantitative estimate of drug-likeness (QED) is 0.746. The van der Waals surface area contributed by atoms with Gasteiger partial charge >= 0.3 is 0 Å². The molecule has 1 rings (SSSR count). The number of amides is 1. The Kier molecular flexibility index (Phi) is 5.07. The SMILES string of the molecule is CCc1nn(C)cc1NC(=O)C(N)CCS(C)(=O)=O. The van der Waals surface area contributed by atoms with Gasteiger partial charge in [0.15, 0.2) is 0 Å². The van der Waals surface area contributed by atoms with E-state index in [-0.39, 0.29) is 12.2 Å². The highest BCUT2D eigenvalue weighted by atomic mass is 32.2. The summed E-state index contributed by atoms with van der Waals surface area (Å²) in [5.74, 6) is -0.499. The molecule has 0 aliphatic heterocycles. The maximum Gasteiger partial charge on any atom is 0.241 e. The fraction of sp³-hybridized carbons (Fsp3) is 0.636. The fourth-order valence-corrected chi connectivity index (χ4v) is 2.28. The van der Waals surface area contributed by atoms with E-state index in [1.54, 1.807) is 17.9 Å². The van der Waals surface area contributed by atoms with Crippen LogP contribution in [0.2, 0.25) is 0 Å². The van der Waals surface area contributed by atoms with Gasteiger partial charge in [-0.25, -0.2) is 8.42 Å². The summed E-state index contributed by atoms with van der Waals surface area (Å²) >= 11 is 0. The third-order valence-electron chi connectivity index (χ3n) is 2.63. The van der Waals surface area contributed by atoms with E-state index in [4.69, 9.17) is 5.73 Å². The summed E-state index contributed by atoms with van der Waals surface area (Å²) < 4.78 is 23.6. The highest BCUT2D eigenvalue weighted by molar-refractivity contribution is 7.90.